The second-order valence-electron chi connectivity index (χ2n) is 6.22. The van der Waals surface area contributed by atoms with Gasteiger partial charge >= 0.3 is 0 Å². The first kappa shape index (κ1) is 18.3. The van der Waals surface area contributed by atoms with E-state index in [1.165, 1.54) is 30.6 Å². The normalized spacial score (nSPS) is 12.1. The van der Waals surface area contributed by atoms with Gasteiger partial charge in [0.05, 0.1) is 5.39 Å². The van der Waals surface area contributed by atoms with Crippen LogP contribution in [0.2, 0.25) is 0 Å². The molecule has 2 aromatic heterocycles. The number of aliphatic hydroxyl groups is 1. The third kappa shape index (κ3) is 4.11. The van der Waals surface area contributed by atoms with Crippen molar-refractivity contribution in [2.45, 2.75) is 6.10 Å². The topological polar surface area (TPSA) is 67.3 Å². The largest absolute Gasteiger partial charge is 0.491 e. The molecule has 2 heterocycles. The lowest BCUT2D eigenvalue weighted by atomic mass is 10.1. The molecule has 4 rings (SSSR count). The quantitative estimate of drug-likeness (QED) is 0.487. The number of fused-ring (bicyclic) bond motifs is 1. The molecule has 5 nitrogen and oxygen atoms in total. The Hall–Kier alpha value is -3.03. The van der Waals surface area contributed by atoms with Crippen molar-refractivity contribution in [2.24, 2.45) is 0 Å². The summed E-state index contributed by atoms with van der Waals surface area (Å²) in [4.78, 5) is 9.59. The van der Waals surface area contributed by atoms with E-state index in [2.05, 4.69) is 20.7 Å². The number of aromatic nitrogens is 2. The van der Waals surface area contributed by atoms with Crippen LogP contribution in [0.5, 0.6) is 5.75 Å². The lowest BCUT2D eigenvalue weighted by molar-refractivity contribution is 0.117. The molecule has 0 aliphatic carbocycles. The minimum Gasteiger partial charge on any atom is -0.491 e. The third-order valence-electron chi connectivity index (χ3n) is 4.22. The number of thiophene rings is 1. The van der Waals surface area contributed by atoms with E-state index in [1.807, 2.05) is 30.3 Å². The summed E-state index contributed by atoms with van der Waals surface area (Å²) in [6.07, 6.45) is 0.756. The fourth-order valence-corrected chi connectivity index (χ4v) is 3.75. The van der Waals surface area contributed by atoms with E-state index in [-0.39, 0.29) is 19.0 Å². The van der Waals surface area contributed by atoms with Gasteiger partial charge in [-0.2, -0.15) is 0 Å². The first-order chi connectivity index (χ1) is 13.7. The molecule has 7 heteroatoms. The molecule has 0 amide bonds. The van der Waals surface area contributed by atoms with Crippen LogP contribution in [0.15, 0.2) is 66.3 Å². The van der Waals surface area contributed by atoms with Crippen molar-refractivity contribution in [3.63, 3.8) is 0 Å². The Labute approximate surface area is 165 Å². The Morgan fingerprint density at radius 1 is 1.07 bits per heavy atom. The summed E-state index contributed by atoms with van der Waals surface area (Å²) in [5.41, 5.74) is 2.15. The monoisotopic (exact) mass is 395 g/mol. The molecule has 0 bridgehead atoms. The van der Waals surface area contributed by atoms with Crippen molar-refractivity contribution >= 4 is 27.4 Å². The van der Waals surface area contributed by atoms with Crippen LogP contribution in [0.4, 0.5) is 10.2 Å². The van der Waals surface area contributed by atoms with E-state index in [1.54, 1.807) is 11.3 Å². The first-order valence-corrected chi connectivity index (χ1v) is 9.66. The van der Waals surface area contributed by atoms with Gasteiger partial charge in [0, 0.05) is 17.5 Å². The lowest BCUT2D eigenvalue weighted by Crippen LogP contribution is -2.26. The second kappa shape index (κ2) is 8.33. The summed E-state index contributed by atoms with van der Waals surface area (Å²) in [6.45, 7) is 0.347. The SMILES string of the molecule is OC(CNc1ncnc2scc(-c3ccccc3)c12)COc1ccc(F)cc1. The van der Waals surface area contributed by atoms with E-state index in [9.17, 15) is 9.50 Å². The maximum absolute atomic E-state index is 12.9. The summed E-state index contributed by atoms with van der Waals surface area (Å²) < 4.78 is 18.4. The summed E-state index contributed by atoms with van der Waals surface area (Å²) in [5, 5.41) is 16.4. The average Bonchev–Trinajstić information content (AvgIpc) is 3.17. The van der Waals surface area contributed by atoms with Crippen molar-refractivity contribution < 1.29 is 14.2 Å². The van der Waals surface area contributed by atoms with E-state index in [0.717, 1.165) is 21.3 Å². The van der Waals surface area contributed by atoms with Crippen molar-refractivity contribution in [3.05, 3.63) is 72.1 Å². The molecular formula is C21H18FN3O2S. The standard InChI is InChI=1S/C21H18FN3O2S/c22-15-6-8-17(9-7-15)27-11-16(26)10-23-20-19-18(14-4-2-1-3-5-14)12-28-21(19)25-13-24-20/h1-9,12-13,16,26H,10-11H2,(H,23,24,25). The van der Waals surface area contributed by atoms with Gasteiger partial charge in [-0.1, -0.05) is 30.3 Å². The molecule has 2 N–H and O–H groups in total. The molecule has 2 aromatic carbocycles. The Kier molecular flexibility index (Phi) is 5.45. The number of hydrogen-bond acceptors (Lipinski definition) is 6. The summed E-state index contributed by atoms with van der Waals surface area (Å²) in [5.74, 6) is 0.854. The van der Waals surface area contributed by atoms with E-state index in [0.29, 0.717) is 11.6 Å². The smallest absolute Gasteiger partial charge is 0.138 e. The minimum atomic E-state index is -0.756. The van der Waals surface area contributed by atoms with E-state index in [4.69, 9.17) is 4.74 Å². The number of ether oxygens (including phenoxy) is 1. The molecule has 0 fully saturated rings. The maximum Gasteiger partial charge on any atom is 0.138 e. The average molecular weight is 395 g/mol. The zero-order chi connectivity index (χ0) is 19.3. The van der Waals surface area contributed by atoms with Gasteiger partial charge in [-0.05, 0) is 29.8 Å². The fourth-order valence-electron chi connectivity index (χ4n) is 2.84. The zero-order valence-corrected chi connectivity index (χ0v) is 15.7. The highest BCUT2D eigenvalue weighted by molar-refractivity contribution is 7.17. The van der Waals surface area contributed by atoms with Crippen LogP contribution in [-0.2, 0) is 0 Å². The molecule has 4 aromatic rings. The molecule has 1 atom stereocenters. The number of nitrogens with zero attached hydrogens (tertiary/aromatic N) is 2. The molecular weight excluding hydrogens is 377 g/mol. The molecule has 28 heavy (non-hydrogen) atoms. The van der Waals surface area contributed by atoms with E-state index >= 15 is 0 Å². The molecule has 0 saturated carbocycles. The molecule has 0 saturated heterocycles. The van der Waals surface area contributed by atoms with Crippen LogP contribution in [-0.4, -0.2) is 34.3 Å². The predicted octanol–water partition coefficient (Wildman–Crippen LogP) is 4.35. The lowest BCUT2D eigenvalue weighted by Gasteiger charge is -2.14. The van der Waals surface area contributed by atoms with Gasteiger partial charge in [0.1, 0.15) is 41.3 Å². The van der Waals surface area contributed by atoms with Crippen molar-refractivity contribution in [1.82, 2.24) is 9.97 Å². The van der Waals surface area contributed by atoms with Gasteiger partial charge in [-0.3, -0.25) is 0 Å². The molecule has 0 aliphatic heterocycles. The first-order valence-electron chi connectivity index (χ1n) is 8.78. The molecule has 1 unspecified atom stereocenters. The number of anilines is 1. The number of aliphatic hydroxyl groups excluding tert-OH is 1. The molecule has 0 aliphatic rings. The van der Waals surface area contributed by atoms with Crippen molar-refractivity contribution in [3.8, 4) is 16.9 Å². The van der Waals surface area contributed by atoms with Crippen LogP contribution in [0.3, 0.4) is 0 Å². The van der Waals surface area contributed by atoms with Gasteiger partial charge in [-0.25, -0.2) is 14.4 Å². The molecule has 0 spiro atoms. The highest BCUT2D eigenvalue weighted by atomic mass is 32.1. The van der Waals surface area contributed by atoms with Crippen LogP contribution < -0.4 is 10.1 Å². The highest BCUT2D eigenvalue weighted by Gasteiger charge is 2.14. The number of hydrogen-bond donors (Lipinski definition) is 2. The maximum atomic E-state index is 12.9. The van der Waals surface area contributed by atoms with Crippen LogP contribution >= 0.6 is 11.3 Å². The number of benzene rings is 2. The van der Waals surface area contributed by atoms with Gasteiger partial charge in [-0.15, -0.1) is 11.3 Å². The number of rotatable bonds is 7. The summed E-state index contributed by atoms with van der Waals surface area (Å²) in [6, 6.07) is 15.7. The molecule has 142 valence electrons. The summed E-state index contributed by atoms with van der Waals surface area (Å²) >= 11 is 1.56. The predicted molar refractivity (Wildman–Crippen MR) is 109 cm³/mol. The van der Waals surface area contributed by atoms with E-state index < -0.39 is 6.10 Å². The Bertz CT molecular complexity index is 1050. The number of halogens is 1. The minimum absolute atomic E-state index is 0.0854. The fraction of sp³-hybridized carbons (Fsp3) is 0.143. The van der Waals surface area contributed by atoms with Crippen LogP contribution in [0.1, 0.15) is 0 Å². The zero-order valence-electron chi connectivity index (χ0n) is 14.9. The Morgan fingerprint density at radius 3 is 2.64 bits per heavy atom. The third-order valence-corrected chi connectivity index (χ3v) is 5.10. The van der Waals surface area contributed by atoms with Crippen LogP contribution in [0, 0.1) is 5.82 Å². The highest BCUT2D eigenvalue weighted by Crippen LogP contribution is 2.36. The number of nitrogens with one attached hydrogen (secondary N) is 1. The van der Waals surface area contributed by atoms with Gasteiger partial charge in [0.25, 0.3) is 0 Å². The Morgan fingerprint density at radius 2 is 1.86 bits per heavy atom. The van der Waals surface area contributed by atoms with Gasteiger partial charge in [0.15, 0.2) is 0 Å². The van der Waals surface area contributed by atoms with Gasteiger partial charge in [0.2, 0.25) is 0 Å². The van der Waals surface area contributed by atoms with Crippen molar-refractivity contribution in [1.29, 1.82) is 0 Å². The van der Waals surface area contributed by atoms with Crippen LogP contribution in [0.25, 0.3) is 21.3 Å². The van der Waals surface area contributed by atoms with Crippen molar-refractivity contribution in [2.75, 3.05) is 18.5 Å². The van der Waals surface area contributed by atoms with Gasteiger partial charge < -0.3 is 15.2 Å². The molecule has 0 radical (unpaired) electrons. The summed E-state index contributed by atoms with van der Waals surface area (Å²) in [7, 11) is 0. The second-order valence-corrected chi connectivity index (χ2v) is 7.08. The Balaban J connectivity index is 1.46.